The van der Waals surface area contributed by atoms with Crippen LogP contribution < -0.4 is 11.1 Å². The quantitative estimate of drug-likeness (QED) is 0.396. The zero-order valence-corrected chi connectivity index (χ0v) is 17.3. The van der Waals surface area contributed by atoms with E-state index >= 15 is 0 Å². The van der Waals surface area contributed by atoms with E-state index in [0.717, 1.165) is 23.0 Å². The minimum absolute atomic E-state index is 0.0223. The number of nitrogens with one attached hydrogen (secondary N) is 1. The summed E-state index contributed by atoms with van der Waals surface area (Å²) >= 11 is 2.16. The number of amides is 1. The number of nitrogens with two attached hydrogens (primary N) is 1. The third kappa shape index (κ3) is 3.78. The number of anilines is 1. The van der Waals surface area contributed by atoms with E-state index in [2.05, 4.69) is 10.3 Å². The maximum atomic E-state index is 13.8. The molecule has 0 spiro atoms. The molecule has 1 aromatic carbocycles. The lowest BCUT2D eigenvalue weighted by Gasteiger charge is -2.14. The Labute approximate surface area is 178 Å². The van der Waals surface area contributed by atoms with E-state index in [9.17, 15) is 18.0 Å². The third-order valence-corrected chi connectivity index (χ3v) is 6.62. The minimum atomic E-state index is -4.63. The summed E-state index contributed by atoms with van der Waals surface area (Å²) in [5.41, 5.74) is 6.02. The molecule has 4 nitrogen and oxygen atoms in total. The van der Waals surface area contributed by atoms with Crippen molar-refractivity contribution in [2.24, 2.45) is 0 Å². The number of carbonyl (C=O) groups is 1. The molecule has 154 valence electrons. The molecule has 0 saturated heterocycles. The Morgan fingerprint density at radius 1 is 1.17 bits per heavy atom. The number of hydrogen-bond donors (Lipinski definition) is 2. The first kappa shape index (κ1) is 20.4. The fourth-order valence-electron chi connectivity index (χ4n) is 3.15. The molecule has 0 fully saturated rings. The van der Waals surface area contributed by atoms with E-state index in [0.29, 0.717) is 4.88 Å². The Morgan fingerprint density at radius 3 is 2.53 bits per heavy atom. The van der Waals surface area contributed by atoms with E-state index in [1.807, 2.05) is 30.3 Å². The Hall–Kier alpha value is -2.91. The molecule has 1 amide bonds. The van der Waals surface area contributed by atoms with Crippen molar-refractivity contribution in [3.63, 3.8) is 0 Å². The van der Waals surface area contributed by atoms with Crippen LogP contribution in [0.2, 0.25) is 0 Å². The highest BCUT2D eigenvalue weighted by Crippen LogP contribution is 2.44. The summed E-state index contributed by atoms with van der Waals surface area (Å²) in [6, 6.07) is 13.4. The van der Waals surface area contributed by atoms with Crippen LogP contribution in [0, 0.1) is 0 Å². The fourth-order valence-corrected chi connectivity index (χ4v) is 4.86. The highest BCUT2D eigenvalue weighted by Gasteiger charge is 2.36. The number of nitrogen functional groups attached to an aromatic ring is 1. The number of carbonyl (C=O) groups excluding carboxylic acids is 1. The molecule has 0 aliphatic rings. The first-order chi connectivity index (χ1) is 14.3. The van der Waals surface area contributed by atoms with Crippen LogP contribution in [0.25, 0.3) is 20.8 Å². The van der Waals surface area contributed by atoms with Crippen molar-refractivity contribution in [2.75, 3.05) is 5.73 Å². The molecule has 0 saturated carbocycles. The summed E-state index contributed by atoms with van der Waals surface area (Å²) in [6.07, 6.45) is -4.63. The van der Waals surface area contributed by atoms with Crippen LogP contribution in [-0.2, 0) is 6.18 Å². The number of fused-ring (bicyclic) bond motifs is 1. The second kappa shape index (κ2) is 7.73. The third-order valence-electron chi connectivity index (χ3n) is 4.63. The number of halogens is 3. The SMILES string of the molecule is C[C@@H](NC(=O)c1sc2nc(-c3cccs3)cc(C(F)(F)F)c2c1N)c1ccccc1. The molecular formula is C21H16F3N3OS2. The predicted octanol–water partition coefficient (Wildman–Crippen LogP) is 6.12. The Kier molecular flexibility index (Phi) is 5.25. The molecule has 30 heavy (non-hydrogen) atoms. The van der Waals surface area contributed by atoms with E-state index in [4.69, 9.17) is 5.73 Å². The standard InChI is InChI=1S/C21H16F3N3OS2/c1-11(12-6-3-2-4-7-12)26-19(28)18-17(25)16-13(21(22,23)24)10-14(27-20(16)30-18)15-8-5-9-29-15/h2-11H,25H2,1H3,(H,26,28)/t11-/m1/s1. The summed E-state index contributed by atoms with van der Waals surface area (Å²) in [7, 11) is 0. The van der Waals surface area contributed by atoms with Gasteiger partial charge in [-0.15, -0.1) is 22.7 Å². The van der Waals surface area contributed by atoms with Gasteiger partial charge in [0.05, 0.1) is 27.9 Å². The van der Waals surface area contributed by atoms with Gasteiger partial charge in [0.25, 0.3) is 5.91 Å². The summed E-state index contributed by atoms with van der Waals surface area (Å²) in [4.78, 5) is 17.9. The molecule has 0 aliphatic heterocycles. The van der Waals surface area contributed by atoms with Crippen molar-refractivity contribution in [1.82, 2.24) is 10.3 Å². The summed E-state index contributed by atoms with van der Waals surface area (Å²) in [5, 5.41) is 4.33. The average Bonchev–Trinajstić information content (AvgIpc) is 3.36. The highest BCUT2D eigenvalue weighted by molar-refractivity contribution is 7.21. The average molecular weight is 448 g/mol. The Morgan fingerprint density at radius 2 is 1.90 bits per heavy atom. The van der Waals surface area contributed by atoms with Crippen LogP contribution in [0.5, 0.6) is 0 Å². The van der Waals surface area contributed by atoms with E-state index in [1.54, 1.807) is 24.4 Å². The largest absolute Gasteiger partial charge is 0.417 e. The van der Waals surface area contributed by atoms with Gasteiger partial charge in [0.2, 0.25) is 0 Å². The van der Waals surface area contributed by atoms with Gasteiger partial charge < -0.3 is 11.1 Å². The van der Waals surface area contributed by atoms with Crippen LogP contribution in [0.4, 0.5) is 18.9 Å². The van der Waals surface area contributed by atoms with E-state index < -0.39 is 17.6 Å². The smallest absolute Gasteiger partial charge is 0.397 e. The number of aromatic nitrogens is 1. The van der Waals surface area contributed by atoms with Crippen molar-refractivity contribution < 1.29 is 18.0 Å². The van der Waals surface area contributed by atoms with Gasteiger partial charge in [0.15, 0.2) is 0 Å². The van der Waals surface area contributed by atoms with Crippen LogP contribution in [0.15, 0.2) is 53.9 Å². The lowest BCUT2D eigenvalue weighted by atomic mass is 10.1. The molecule has 3 aromatic heterocycles. The van der Waals surface area contributed by atoms with Gasteiger partial charge in [-0.25, -0.2) is 4.98 Å². The van der Waals surface area contributed by atoms with Gasteiger partial charge in [0.1, 0.15) is 9.71 Å². The lowest BCUT2D eigenvalue weighted by Crippen LogP contribution is -2.26. The molecule has 1 atom stereocenters. The zero-order valence-electron chi connectivity index (χ0n) is 15.7. The van der Waals surface area contributed by atoms with Crippen LogP contribution in [0.3, 0.4) is 0 Å². The number of alkyl halides is 3. The second-order valence-electron chi connectivity index (χ2n) is 6.66. The van der Waals surface area contributed by atoms with Crippen molar-refractivity contribution in [1.29, 1.82) is 0 Å². The van der Waals surface area contributed by atoms with Crippen LogP contribution in [-0.4, -0.2) is 10.9 Å². The summed E-state index contributed by atoms with van der Waals surface area (Å²) < 4.78 is 41.4. The molecule has 4 rings (SSSR count). The monoisotopic (exact) mass is 447 g/mol. The van der Waals surface area contributed by atoms with Crippen molar-refractivity contribution in [3.05, 3.63) is 69.9 Å². The van der Waals surface area contributed by atoms with Crippen LogP contribution in [0.1, 0.15) is 33.8 Å². The number of nitrogens with zero attached hydrogens (tertiary/aromatic N) is 1. The second-order valence-corrected chi connectivity index (χ2v) is 8.61. The number of pyridine rings is 1. The molecule has 3 heterocycles. The van der Waals surface area contributed by atoms with Gasteiger partial charge in [-0.1, -0.05) is 36.4 Å². The first-order valence-corrected chi connectivity index (χ1v) is 10.6. The molecule has 0 bridgehead atoms. The fraction of sp³-hybridized carbons (Fsp3) is 0.143. The maximum Gasteiger partial charge on any atom is 0.417 e. The normalized spacial score (nSPS) is 12.8. The Bertz CT molecular complexity index is 1200. The topological polar surface area (TPSA) is 68.0 Å². The molecule has 0 aliphatic carbocycles. The number of thiophene rings is 2. The van der Waals surface area contributed by atoms with E-state index in [-0.39, 0.29) is 32.5 Å². The van der Waals surface area contributed by atoms with Gasteiger partial charge in [-0.2, -0.15) is 13.2 Å². The first-order valence-electron chi connectivity index (χ1n) is 8.95. The van der Waals surface area contributed by atoms with Gasteiger partial charge in [-0.3, -0.25) is 4.79 Å². The van der Waals surface area contributed by atoms with Gasteiger partial charge in [0, 0.05) is 5.39 Å². The predicted molar refractivity (Wildman–Crippen MR) is 115 cm³/mol. The number of rotatable bonds is 4. The van der Waals surface area contributed by atoms with Crippen molar-refractivity contribution >= 4 is 44.5 Å². The molecule has 4 aromatic rings. The minimum Gasteiger partial charge on any atom is -0.397 e. The summed E-state index contributed by atoms with van der Waals surface area (Å²) in [6.45, 7) is 1.80. The number of hydrogen-bond acceptors (Lipinski definition) is 5. The highest BCUT2D eigenvalue weighted by atomic mass is 32.1. The molecule has 9 heteroatoms. The Balaban J connectivity index is 1.78. The van der Waals surface area contributed by atoms with E-state index in [1.165, 1.54) is 11.3 Å². The van der Waals surface area contributed by atoms with Crippen molar-refractivity contribution in [3.8, 4) is 10.6 Å². The zero-order chi connectivity index (χ0) is 21.5. The molecular weight excluding hydrogens is 431 g/mol. The van der Waals surface area contributed by atoms with Gasteiger partial charge in [-0.05, 0) is 30.0 Å². The summed E-state index contributed by atoms with van der Waals surface area (Å²) in [5.74, 6) is -0.530. The molecule has 0 radical (unpaired) electrons. The molecule has 3 N–H and O–H groups in total. The number of benzene rings is 1. The lowest BCUT2D eigenvalue weighted by molar-refractivity contribution is -0.136. The molecule has 0 unspecified atom stereocenters. The van der Waals surface area contributed by atoms with Crippen molar-refractivity contribution in [2.45, 2.75) is 19.1 Å². The van der Waals surface area contributed by atoms with Crippen LogP contribution >= 0.6 is 22.7 Å². The maximum absolute atomic E-state index is 13.8. The van der Waals surface area contributed by atoms with Gasteiger partial charge >= 0.3 is 6.18 Å².